The van der Waals surface area contributed by atoms with Crippen molar-refractivity contribution in [3.63, 3.8) is 0 Å². The van der Waals surface area contributed by atoms with Gasteiger partial charge in [-0.05, 0) is 48.2 Å². The Morgan fingerprint density at radius 1 is 1.00 bits per heavy atom. The van der Waals surface area contributed by atoms with Gasteiger partial charge in [-0.2, -0.15) is 5.10 Å². The summed E-state index contributed by atoms with van der Waals surface area (Å²) in [5, 5.41) is 5.30. The Balaban J connectivity index is 1.32. The number of hydrogen-bond acceptors (Lipinski definition) is 7. The van der Waals surface area contributed by atoms with Crippen molar-refractivity contribution in [2.24, 2.45) is 0 Å². The molecule has 1 saturated heterocycles. The molecule has 5 aromatic rings. The maximum Gasteiger partial charge on any atom is 0.147 e. The minimum atomic E-state index is -0.293. The van der Waals surface area contributed by atoms with E-state index in [1.807, 2.05) is 29.2 Å². The van der Waals surface area contributed by atoms with Crippen molar-refractivity contribution in [2.45, 2.75) is 25.5 Å². The molecule has 2 aromatic carbocycles. The Morgan fingerprint density at radius 3 is 2.62 bits per heavy atom. The maximum atomic E-state index is 13.2. The number of furan rings is 1. The van der Waals surface area contributed by atoms with Crippen molar-refractivity contribution in [3.05, 3.63) is 78.7 Å². The predicted octanol–water partition coefficient (Wildman–Crippen LogP) is 5.59. The van der Waals surface area contributed by atoms with Gasteiger partial charge < -0.3 is 25.4 Å². The molecule has 0 radical (unpaired) electrons. The number of rotatable bonds is 6. The van der Waals surface area contributed by atoms with Crippen LogP contribution in [0.1, 0.15) is 24.4 Å². The summed E-state index contributed by atoms with van der Waals surface area (Å²) in [5.41, 5.74) is 17.8. The third-order valence-electron chi connectivity index (χ3n) is 6.73. The average Bonchev–Trinajstić information content (AvgIpc) is 3.59. The number of ether oxygens (including phenoxy) is 2. The third-order valence-corrected chi connectivity index (χ3v) is 6.73. The van der Waals surface area contributed by atoms with Gasteiger partial charge in [-0.25, -0.2) is 9.37 Å². The molecule has 0 amide bonds. The van der Waals surface area contributed by atoms with E-state index in [2.05, 4.69) is 10.1 Å². The quantitative estimate of drug-likeness (QED) is 0.293. The summed E-state index contributed by atoms with van der Waals surface area (Å²) in [4.78, 5) is 4.46. The first-order valence-electron chi connectivity index (χ1n) is 12.1. The third kappa shape index (κ3) is 4.49. The molecular weight excluding hydrogens is 473 g/mol. The molecule has 1 aliphatic rings. The standard InChI is InChI=1S/C28H26FN5O3/c29-20-4-1-17(2-5-20)15-36-25-11-18(3-6-24(25)30)23-16-37-27-22(13-32-28(31)26(23)27)19-12-33-34(14-19)21-7-9-35-10-8-21/h1-6,11-14,16,21H,7-10,15,30H2,(H2,31,32). The Bertz CT molecular complexity index is 1550. The van der Waals surface area contributed by atoms with E-state index in [-0.39, 0.29) is 12.4 Å². The number of pyridine rings is 1. The Morgan fingerprint density at radius 2 is 1.81 bits per heavy atom. The minimum absolute atomic E-state index is 0.255. The van der Waals surface area contributed by atoms with Crippen LogP contribution in [0.2, 0.25) is 0 Å². The summed E-state index contributed by atoms with van der Waals surface area (Å²) < 4.78 is 32.7. The highest BCUT2D eigenvalue weighted by Crippen LogP contribution is 2.40. The minimum Gasteiger partial charge on any atom is -0.487 e. The van der Waals surface area contributed by atoms with Crippen LogP contribution in [0.15, 0.2) is 71.7 Å². The molecule has 1 aliphatic heterocycles. The topological polar surface area (TPSA) is 114 Å². The summed E-state index contributed by atoms with van der Waals surface area (Å²) in [6.45, 7) is 1.74. The lowest BCUT2D eigenvalue weighted by molar-refractivity contribution is 0.0662. The highest BCUT2D eigenvalue weighted by molar-refractivity contribution is 6.06. The normalized spacial score (nSPS) is 14.3. The number of fused-ring (bicyclic) bond motifs is 1. The molecule has 4 heterocycles. The number of anilines is 2. The van der Waals surface area contributed by atoms with Gasteiger partial charge in [-0.3, -0.25) is 4.68 Å². The monoisotopic (exact) mass is 499 g/mol. The van der Waals surface area contributed by atoms with E-state index in [0.717, 1.165) is 53.9 Å². The smallest absolute Gasteiger partial charge is 0.147 e. The van der Waals surface area contributed by atoms with E-state index in [1.165, 1.54) is 12.1 Å². The fraction of sp³-hybridized carbons (Fsp3) is 0.214. The van der Waals surface area contributed by atoms with Crippen molar-refractivity contribution >= 4 is 22.5 Å². The second-order valence-corrected chi connectivity index (χ2v) is 9.13. The van der Waals surface area contributed by atoms with Crippen LogP contribution in [-0.4, -0.2) is 28.0 Å². The molecule has 6 rings (SSSR count). The average molecular weight is 500 g/mol. The van der Waals surface area contributed by atoms with Gasteiger partial charge in [0.1, 0.15) is 29.6 Å². The van der Waals surface area contributed by atoms with Crippen LogP contribution in [0.3, 0.4) is 0 Å². The molecule has 9 heteroatoms. The zero-order chi connectivity index (χ0) is 25.4. The van der Waals surface area contributed by atoms with Crippen LogP contribution >= 0.6 is 0 Å². The zero-order valence-electron chi connectivity index (χ0n) is 20.1. The highest BCUT2D eigenvalue weighted by Gasteiger charge is 2.21. The van der Waals surface area contributed by atoms with Gasteiger partial charge in [-0.15, -0.1) is 0 Å². The van der Waals surface area contributed by atoms with Crippen molar-refractivity contribution in [1.82, 2.24) is 14.8 Å². The second kappa shape index (κ2) is 9.59. The van der Waals surface area contributed by atoms with E-state index < -0.39 is 0 Å². The lowest BCUT2D eigenvalue weighted by atomic mass is 10.0. The summed E-state index contributed by atoms with van der Waals surface area (Å²) in [6, 6.07) is 12.0. The fourth-order valence-electron chi connectivity index (χ4n) is 4.68. The number of aromatic nitrogens is 3. The molecule has 8 nitrogen and oxygen atoms in total. The summed E-state index contributed by atoms with van der Waals surface area (Å²) in [7, 11) is 0. The largest absolute Gasteiger partial charge is 0.487 e. The van der Waals surface area contributed by atoms with Gasteiger partial charge in [0.05, 0.1) is 29.6 Å². The molecular formula is C28H26FN5O3. The van der Waals surface area contributed by atoms with Crippen LogP contribution in [-0.2, 0) is 11.3 Å². The van der Waals surface area contributed by atoms with E-state index in [0.29, 0.717) is 34.3 Å². The van der Waals surface area contributed by atoms with Gasteiger partial charge in [0.25, 0.3) is 0 Å². The first-order valence-corrected chi connectivity index (χ1v) is 12.1. The maximum absolute atomic E-state index is 13.2. The Hall–Kier alpha value is -4.37. The van der Waals surface area contributed by atoms with Crippen molar-refractivity contribution in [2.75, 3.05) is 24.7 Å². The molecule has 0 saturated carbocycles. The van der Waals surface area contributed by atoms with Gasteiger partial charge in [0.2, 0.25) is 0 Å². The van der Waals surface area contributed by atoms with Crippen molar-refractivity contribution < 1.29 is 18.3 Å². The first-order chi connectivity index (χ1) is 18.1. The molecule has 1 fully saturated rings. The summed E-state index contributed by atoms with van der Waals surface area (Å²) in [5.74, 6) is 0.583. The number of halogens is 1. The summed E-state index contributed by atoms with van der Waals surface area (Å²) in [6.07, 6.45) is 9.11. The highest BCUT2D eigenvalue weighted by atomic mass is 19.1. The van der Waals surface area contributed by atoms with Crippen LogP contribution in [0.4, 0.5) is 15.9 Å². The molecule has 4 N–H and O–H groups in total. The Labute approximate surface area is 212 Å². The van der Waals surface area contributed by atoms with Crippen molar-refractivity contribution in [3.8, 4) is 28.0 Å². The molecule has 0 unspecified atom stereocenters. The van der Waals surface area contributed by atoms with Crippen molar-refractivity contribution in [1.29, 1.82) is 0 Å². The molecule has 37 heavy (non-hydrogen) atoms. The predicted molar refractivity (Wildman–Crippen MR) is 139 cm³/mol. The van der Waals surface area contributed by atoms with Gasteiger partial charge in [-0.1, -0.05) is 18.2 Å². The van der Waals surface area contributed by atoms with Crippen LogP contribution in [0.25, 0.3) is 33.2 Å². The molecule has 188 valence electrons. The number of nitrogens with zero attached hydrogens (tertiary/aromatic N) is 3. The van der Waals surface area contributed by atoms with E-state index in [1.54, 1.807) is 30.7 Å². The number of nitrogen functional groups attached to an aromatic ring is 2. The molecule has 0 spiro atoms. The number of hydrogen-bond donors (Lipinski definition) is 2. The molecule has 3 aromatic heterocycles. The lowest BCUT2D eigenvalue weighted by Crippen LogP contribution is -2.19. The van der Waals surface area contributed by atoms with Gasteiger partial charge in [0, 0.05) is 42.3 Å². The fourth-order valence-corrected chi connectivity index (χ4v) is 4.68. The number of nitrogens with two attached hydrogens (primary N) is 2. The SMILES string of the molecule is Nc1ccc(-c2coc3c(-c4cnn(C5CCOCC5)c4)cnc(N)c23)cc1OCc1ccc(F)cc1. The first kappa shape index (κ1) is 23.1. The van der Waals surface area contributed by atoms with Gasteiger partial charge >= 0.3 is 0 Å². The van der Waals surface area contributed by atoms with Gasteiger partial charge in [0.15, 0.2) is 0 Å². The van der Waals surface area contributed by atoms with Crippen LogP contribution < -0.4 is 16.2 Å². The molecule has 0 bridgehead atoms. The van der Waals surface area contributed by atoms with E-state index in [4.69, 9.17) is 25.4 Å². The molecule has 0 aliphatic carbocycles. The molecule has 0 atom stereocenters. The number of benzene rings is 2. The lowest BCUT2D eigenvalue weighted by Gasteiger charge is -2.22. The Kier molecular flexibility index (Phi) is 5.97. The van der Waals surface area contributed by atoms with Crippen LogP contribution in [0, 0.1) is 5.82 Å². The van der Waals surface area contributed by atoms with E-state index >= 15 is 0 Å². The van der Waals surface area contributed by atoms with Crippen LogP contribution in [0.5, 0.6) is 5.75 Å². The van der Waals surface area contributed by atoms with E-state index in [9.17, 15) is 4.39 Å². The second-order valence-electron chi connectivity index (χ2n) is 9.13. The zero-order valence-corrected chi connectivity index (χ0v) is 20.1. The summed E-state index contributed by atoms with van der Waals surface area (Å²) >= 11 is 0.